The van der Waals surface area contributed by atoms with Crippen molar-refractivity contribution in [2.75, 3.05) is 18.0 Å². The van der Waals surface area contributed by atoms with Crippen molar-refractivity contribution in [1.82, 2.24) is 9.97 Å². The summed E-state index contributed by atoms with van der Waals surface area (Å²) in [5.74, 6) is 0.794. The fourth-order valence-electron chi connectivity index (χ4n) is 1.76. The summed E-state index contributed by atoms with van der Waals surface area (Å²) in [6.07, 6.45) is 6.74. The van der Waals surface area contributed by atoms with Crippen LogP contribution in [0.4, 0.5) is 5.82 Å². The summed E-state index contributed by atoms with van der Waals surface area (Å²) in [5, 5.41) is 8.89. The van der Waals surface area contributed by atoms with Crippen molar-refractivity contribution in [3.63, 3.8) is 0 Å². The molecule has 72 valence electrons. The average molecular weight is 188 g/mol. The van der Waals surface area contributed by atoms with Gasteiger partial charge in [-0.25, -0.2) is 9.97 Å². The molecule has 14 heavy (non-hydrogen) atoms. The van der Waals surface area contributed by atoms with Gasteiger partial charge in [0.2, 0.25) is 0 Å². The van der Waals surface area contributed by atoms with Gasteiger partial charge in [0.15, 0.2) is 0 Å². The van der Waals surface area contributed by atoms with E-state index in [4.69, 9.17) is 5.26 Å². The molecule has 1 aliphatic heterocycles. The van der Waals surface area contributed by atoms with E-state index in [0.29, 0.717) is 5.56 Å². The van der Waals surface area contributed by atoms with E-state index in [1.165, 1.54) is 25.6 Å². The molecular formula is C10H12N4. The molecule has 4 nitrogen and oxygen atoms in total. The molecule has 0 bridgehead atoms. The maximum Gasteiger partial charge on any atom is 0.149 e. The monoisotopic (exact) mass is 188 g/mol. The van der Waals surface area contributed by atoms with Crippen LogP contribution in [0.3, 0.4) is 0 Å². The minimum Gasteiger partial charge on any atom is -0.355 e. The molecule has 0 atom stereocenters. The van der Waals surface area contributed by atoms with Crippen LogP contribution in [-0.4, -0.2) is 23.1 Å². The molecule has 0 N–H and O–H groups in total. The predicted octanol–water partition coefficient (Wildman–Crippen LogP) is 1.34. The van der Waals surface area contributed by atoms with Crippen LogP contribution in [0.5, 0.6) is 0 Å². The first-order valence-electron chi connectivity index (χ1n) is 4.87. The fourth-order valence-corrected chi connectivity index (χ4v) is 1.76. The zero-order valence-corrected chi connectivity index (χ0v) is 7.98. The van der Waals surface area contributed by atoms with E-state index in [1.807, 2.05) is 0 Å². The van der Waals surface area contributed by atoms with Crippen molar-refractivity contribution in [2.24, 2.45) is 0 Å². The third-order valence-corrected chi connectivity index (χ3v) is 2.47. The SMILES string of the molecule is N#Cc1cncnc1N1CCCCC1. The molecule has 2 rings (SSSR count). The summed E-state index contributed by atoms with van der Waals surface area (Å²) >= 11 is 0. The van der Waals surface area contributed by atoms with Crippen LogP contribution in [0, 0.1) is 11.3 Å². The van der Waals surface area contributed by atoms with Crippen molar-refractivity contribution >= 4 is 5.82 Å². The molecule has 2 heterocycles. The number of aromatic nitrogens is 2. The Morgan fingerprint density at radius 3 is 2.79 bits per heavy atom. The van der Waals surface area contributed by atoms with Crippen molar-refractivity contribution < 1.29 is 0 Å². The van der Waals surface area contributed by atoms with Crippen LogP contribution in [0.25, 0.3) is 0 Å². The lowest BCUT2D eigenvalue weighted by Crippen LogP contribution is -2.30. The molecule has 1 aromatic heterocycles. The fraction of sp³-hybridized carbons (Fsp3) is 0.500. The first-order valence-corrected chi connectivity index (χ1v) is 4.87. The number of piperidine rings is 1. The van der Waals surface area contributed by atoms with Crippen LogP contribution < -0.4 is 4.90 Å². The quantitative estimate of drug-likeness (QED) is 0.667. The average Bonchev–Trinajstić information content (AvgIpc) is 2.30. The first-order chi connectivity index (χ1) is 6.92. The van der Waals surface area contributed by atoms with Gasteiger partial charge in [0.25, 0.3) is 0 Å². The van der Waals surface area contributed by atoms with Crippen LogP contribution in [0.2, 0.25) is 0 Å². The third kappa shape index (κ3) is 1.67. The second-order valence-corrected chi connectivity index (χ2v) is 3.42. The summed E-state index contributed by atoms with van der Waals surface area (Å²) in [6.45, 7) is 2.01. The molecule has 0 unspecified atom stereocenters. The molecule has 0 spiro atoms. The van der Waals surface area contributed by atoms with Gasteiger partial charge in [-0.1, -0.05) is 0 Å². The first kappa shape index (κ1) is 8.95. The lowest BCUT2D eigenvalue weighted by molar-refractivity contribution is 0.572. The molecule has 1 aromatic rings. The minimum absolute atomic E-state index is 0.578. The molecular weight excluding hydrogens is 176 g/mol. The summed E-state index contributed by atoms with van der Waals surface area (Å²) < 4.78 is 0. The van der Waals surface area contributed by atoms with Gasteiger partial charge in [0.1, 0.15) is 23.8 Å². The molecule has 1 aliphatic rings. The highest BCUT2D eigenvalue weighted by Crippen LogP contribution is 2.19. The summed E-state index contributed by atoms with van der Waals surface area (Å²) in [5.41, 5.74) is 0.578. The van der Waals surface area contributed by atoms with Crippen LogP contribution in [0.15, 0.2) is 12.5 Å². The van der Waals surface area contributed by atoms with E-state index in [0.717, 1.165) is 18.9 Å². The Morgan fingerprint density at radius 2 is 2.07 bits per heavy atom. The van der Waals surface area contributed by atoms with Crippen LogP contribution in [0.1, 0.15) is 24.8 Å². The Labute approximate surface area is 83.2 Å². The molecule has 0 amide bonds. The zero-order valence-electron chi connectivity index (χ0n) is 7.98. The van der Waals surface area contributed by atoms with Gasteiger partial charge >= 0.3 is 0 Å². The Kier molecular flexibility index (Phi) is 2.59. The van der Waals surface area contributed by atoms with E-state index < -0.39 is 0 Å². The van der Waals surface area contributed by atoms with Gasteiger partial charge in [0, 0.05) is 13.1 Å². The van der Waals surface area contributed by atoms with Crippen LogP contribution >= 0.6 is 0 Å². The zero-order chi connectivity index (χ0) is 9.80. The van der Waals surface area contributed by atoms with E-state index in [9.17, 15) is 0 Å². The molecule has 1 saturated heterocycles. The highest BCUT2D eigenvalue weighted by atomic mass is 15.2. The molecule has 0 radical (unpaired) electrons. The normalized spacial score (nSPS) is 16.4. The van der Waals surface area contributed by atoms with E-state index in [2.05, 4.69) is 20.9 Å². The topological polar surface area (TPSA) is 52.8 Å². The molecule has 0 aromatic carbocycles. The summed E-state index contributed by atoms with van der Waals surface area (Å²) in [6, 6.07) is 2.13. The Hall–Kier alpha value is -1.63. The highest BCUT2D eigenvalue weighted by Gasteiger charge is 2.15. The number of hydrogen-bond donors (Lipinski definition) is 0. The molecule has 0 saturated carbocycles. The highest BCUT2D eigenvalue weighted by molar-refractivity contribution is 5.52. The molecule has 4 heteroatoms. The van der Waals surface area contributed by atoms with Crippen molar-refractivity contribution in [3.8, 4) is 6.07 Å². The smallest absolute Gasteiger partial charge is 0.149 e. The third-order valence-electron chi connectivity index (χ3n) is 2.47. The van der Waals surface area contributed by atoms with Crippen molar-refractivity contribution in [3.05, 3.63) is 18.1 Å². The predicted molar refractivity (Wildman–Crippen MR) is 52.8 cm³/mol. The standard InChI is InChI=1S/C10H12N4/c11-6-9-7-12-8-13-10(9)14-4-2-1-3-5-14/h7-8H,1-5H2. The van der Waals surface area contributed by atoms with Gasteiger partial charge in [-0.15, -0.1) is 0 Å². The van der Waals surface area contributed by atoms with Crippen molar-refractivity contribution in [2.45, 2.75) is 19.3 Å². The molecule has 0 aliphatic carbocycles. The number of nitrogens with zero attached hydrogens (tertiary/aromatic N) is 4. The number of anilines is 1. The lowest BCUT2D eigenvalue weighted by atomic mass is 10.1. The van der Waals surface area contributed by atoms with E-state index in [-0.39, 0.29) is 0 Å². The number of hydrogen-bond acceptors (Lipinski definition) is 4. The second-order valence-electron chi connectivity index (χ2n) is 3.42. The van der Waals surface area contributed by atoms with Crippen LogP contribution in [-0.2, 0) is 0 Å². The lowest BCUT2D eigenvalue weighted by Gasteiger charge is -2.27. The van der Waals surface area contributed by atoms with Gasteiger partial charge in [-0.2, -0.15) is 5.26 Å². The summed E-state index contributed by atoms with van der Waals surface area (Å²) in [7, 11) is 0. The summed E-state index contributed by atoms with van der Waals surface area (Å²) in [4.78, 5) is 10.2. The Bertz CT molecular complexity index is 349. The largest absolute Gasteiger partial charge is 0.355 e. The second kappa shape index (κ2) is 4.05. The van der Waals surface area contributed by atoms with Gasteiger partial charge in [-0.05, 0) is 19.3 Å². The maximum absolute atomic E-state index is 8.89. The van der Waals surface area contributed by atoms with Gasteiger partial charge in [0.05, 0.1) is 6.20 Å². The minimum atomic E-state index is 0.578. The van der Waals surface area contributed by atoms with Crippen molar-refractivity contribution in [1.29, 1.82) is 5.26 Å². The number of nitriles is 1. The van der Waals surface area contributed by atoms with Gasteiger partial charge < -0.3 is 4.90 Å². The Balaban J connectivity index is 2.26. The number of rotatable bonds is 1. The van der Waals surface area contributed by atoms with E-state index in [1.54, 1.807) is 6.20 Å². The maximum atomic E-state index is 8.89. The van der Waals surface area contributed by atoms with Gasteiger partial charge in [-0.3, -0.25) is 0 Å². The molecule has 1 fully saturated rings. The van der Waals surface area contributed by atoms with E-state index >= 15 is 0 Å². The Morgan fingerprint density at radius 1 is 1.29 bits per heavy atom.